The average Bonchev–Trinajstić information content (AvgIpc) is 2.92. The SMILES string of the molecule is COc1ccc(Br)cc1/C=C1/SC(=O)N(CC(=O)Nc2cc(Cl)ccc2C)C1=O. The van der Waals surface area contributed by atoms with Gasteiger partial charge in [0, 0.05) is 20.7 Å². The van der Waals surface area contributed by atoms with Gasteiger partial charge in [0.05, 0.1) is 12.0 Å². The van der Waals surface area contributed by atoms with Crippen LogP contribution in [0.5, 0.6) is 5.75 Å². The van der Waals surface area contributed by atoms with Crippen molar-refractivity contribution >= 4 is 68.1 Å². The monoisotopic (exact) mass is 494 g/mol. The fourth-order valence-electron chi connectivity index (χ4n) is 2.66. The zero-order valence-electron chi connectivity index (χ0n) is 15.5. The van der Waals surface area contributed by atoms with Crippen LogP contribution in [-0.4, -0.2) is 35.6 Å². The number of imide groups is 1. The fraction of sp³-hybridized carbons (Fsp3) is 0.150. The van der Waals surface area contributed by atoms with Crippen molar-refractivity contribution in [3.8, 4) is 5.75 Å². The lowest BCUT2D eigenvalue weighted by Gasteiger charge is -2.14. The Morgan fingerprint density at radius 1 is 1.28 bits per heavy atom. The number of rotatable bonds is 5. The average molecular weight is 496 g/mol. The van der Waals surface area contributed by atoms with Crippen LogP contribution in [-0.2, 0) is 9.59 Å². The Hall–Kier alpha value is -2.29. The summed E-state index contributed by atoms with van der Waals surface area (Å²) in [6.07, 6.45) is 1.58. The lowest BCUT2D eigenvalue weighted by atomic mass is 10.2. The predicted octanol–water partition coefficient (Wildman–Crippen LogP) is 5.09. The molecule has 0 unspecified atom stereocenters. The highest BCUT2D eigenvalue weighted by atomic mass is 79.9. The number of aryl methyl sites for hydroxylation is 1. The highest BCUT2D eigenvalue weighted by Gasteiger charge is 2.36. The first-order chi connectivity index (χ1) is 13.8. The first kappa shape index (κ1) is 21.4. The summed E-state index contributed by atoms with van der Waals surface area (Å²) in [6, 6.07) is 10.4. The molecule has 1 heterocycles. The molecule has 1 saturated heterocycles. The van der Waals surface area contributed by atoms with Crippen molar-refractivity contribution in [2.24, 2.45) is 0 Å². The summed E-state index contributed by atoms with van der Waals surface area (Å²) in [5.74, 6) is -0.451. The lowest BCUT2D eigenvalue weighted by molar-refractivity contribution is -0.127. The fourth-order valence-corrected chi connectivity index (χ4v) is 4.04. The number of methoxy groups -OCH3 is 1. The van der Waals surface area contributed by atoms with Crippen molar-refractivity contribution in [3.05, 3.63) is 61.9 Å². The van der Waals surface area contributed by atoms with E-state index in [0.717, 1.165) is 26.7 Å². The molecule has 150 valence electrons. The quantitative estimate of drug-likeness (QED) is 0.585. The van der Waals surface area contributed by atoms with Crippen molar-refractivity contribution in [1.82, 2.24) is 4.90 Å². The van der Waals surface area contributed by atoms with Crippen LogP contribution in [0.4, 0.5) is 10.5 Å². The number of amides is 3. The van der Waals surface area contributed by atoms with Gasteiger partial charge in [0.25, 0.3) is 11.1 Å². The maximum Gasteiger partial charge on any atom is 0.294 e. The second kappa shape index (κ2) is 9.02. The van der Waals surface area contributed by atoms with Crippen LogP contribution in [0.3, 0.4) is 0 Å². The van der Waals surface area contributed by atoms with Crippen LogP contribution in [0, 0.1) is 6.92 Å². The smallest absolute Gasteiger partial charge is 0.294 e. The summed E-state index contributed by atoms with van der Waals surface area (Å²) in [7, 11) is 1.52. The van der Waals surface area contributed by atoms with Crippen molar-refractivity contribution < 1.29 is 19.1 Å². The number of ether oxygens (including phenoxy) is 1. The normalized spacial score (nSPS) is 15.2. The van der Waals surface area contributed by atoms with Gasteiger partial charge in [-0.25, -0.2) is 0 Å². The molecule has 3 rings (SSSR count). The first-order valence-electron chi connectivity index (χ1n) is 8.43. The van der Waals surface area contributed by atoms with Crippen molar-refractivity contribution in [3.63, 3.8) is 0 Å². The summed E-state index contributed by atoms with van der Waals surface area (Å²) < 4.78 is 6.10. The zero-order valence-corrected chi connectivity index (χ0v) is 18.7. The van der Waals surface area contributed by atoms with Gasteiger partial charge in [-0.1, -0.05) is 33.6 Å². The third kappa shape index (κ3) is 5.01. The second-order valence-corrected chi connectivity index (χ2v) is 8.51. The van der Waals surface area contributed by atoms with Crippen LogP contribution in [0.25, 0.3) is 6.08 Å². The molecule has 3 amide bonds. The van der Waals surface area contributed by atoms with E-state index in [-0.39, 0.29) is 11.4 Å². The maximum absolute atomic E-state index is 12.7. The van der Waals surface area contributed by atoms with Gasteiger partial charge in [-0.05, 0) is 60.7 Å². The Morgan fingerprint density at radius 3 is 2.76 bits per heavy atom. The molecule has 1 N–H and O–H groups in total. The Kier molecular flexibility index (Phi) is 6.66. The molecule has 0 atom stereocenters. The van der Waals surface area contributed by atoms with E-state index in [1.54, 1.807) is 36.4 Å². The molecule has 0 aliphatic carbocycles. The topological polar surface area (TPSA) is 75.7 Å². The van der Waals surface area contributed by atoms with Crippen LogP contribution < -0.4 is 10.1 Å². The zero-order chi connectivity index (χ0) is 21.1. The van der Waals surface area contributed by atoms with Gasteiger partial charge in [-0.2, -0.15) is 0 Å². The number of nitrogens with zero attached hydrogens (tertiary/aromatic N) is 1. The third-order valence-corrected chi connectivity index (χ3v) is 5.76. The molecule has 0 aromatic heterocycles. The van der Waals surface area contributed by atoms with E-state index in [1.807, 2.05) is 13.0 Å². The highest BCUT2D eigenvalue weighted by Crippen LogP contribution is 2.34. The van der Waals surface area contributed by atoms with E-state index in [1.165, 1.54) is 7.11 Å². The van der Waals surface area contributed by atoms with Crippen LogP contribution in [0.15, 0.2) is 45.8 Å². The predicted molar refractivity (Wildman–Crippen MR) is 118 cm³/mol. The third-order valence-electron chi connectivity index (χ3n) is 4.13. The number of thioether (sulfide) groups is 1. The molecule has 0 saturated carbocycles. The molecule has 29 heavy (non-hydrogen) atoms. The molecule has 0 spiro atoms. The molecule has 1 fully saturated rings. The second-order valence-electron chi connectivity index (χ2n) is 6.16. The van der Waals surface area contributed by atoms with Gasteiger partial charge in [0.15, 0.2) is 0 Å². The Labute approximate surface area is 185 Å². The van der Waals surface area contributed by atoms with E-state index >= 15 is 0 Å². The van der Waals surface area contributed by atoms with E-state index in [4.69, 9.17) is 16.3 Å². The number of hydrogen-bond donors (Lipinski definition) is 1. The minimum absolute atomic E-state index is 0.220. The van der Waals surface area contributed by atoms with Gasteiger partial charge in [-0.3, -0.25) is 19.3 Å². The Bertz CT molecular complexity index is 1040. The number of carbonyl (C=O) groups is 3. The molecule has 9 heteroatoms. The van der Waals surface area contributed by atoms with Gasteiger partial charge < -0.3 is 10.1 Å². The van der Waals surface area contributed by atoms with Crippen LogP contribution in [0.2, 0.25) is 5.02 Å². The van der Waals surface area contributed by atoms with E-state index in [0.29, 0.717) is 22.0 Å². The number of anilines is 1. The van der Waals surface area contributed by atoms with Gasteiger partial charge in [0.2, 0.25) is 5.91 Å². The summed E-state index contributed by atoms with van der Waals surface area (Å²) in [6.45, 7) is 1.43. The molecular formula is C20H16BrClN2O4S. The lowest BCUT2D eigenvalue weighted by Crippen LogP contribution is -2.36. The molecular weight excluding hydrogens is 480 g/mol. The van der Waals surface area contributed by atoms with E-state index in [9.17, 15) is 14.4 Å². The summed E-state index contributed by atoms with van der Waals surface area (Å²) in [4.78, 5) is 38.5. The molecule has 2 aromatic carbocycles. The largest absolute Gasteiger partial charge is 0.496 e. The van der Waals surface area contributed by atoms with Crippen molar-refractivity contribution in [2.45, 2.75) is 6.92 Å². The van der Waals surface area contributed by atoms with Crippen LogP contribution >= 0.6 is 39.3 Å². The van der Waals surface area contributed by atoms with Crippen molar-refractivity contribution in [1.29, 1.82) is 0 Å². The molecule has 6 nitrogen and oxygen atoms in total. The number of carbonyl (C=O) groups excluding carboxylic acids is 3. The van der Waals surface area contributed by atoms with Gasteiger partial charge in [-0.15, -0.1) is 0 Å². The molecule has 0 bridgehead atoms. The van der Waals surface area contributed by atoms with Crippen molar-refractivity contribution in [2.75, 3.05) is 19.0 Å². The summed E-state index contributed by atoms with van der Waals surface area (Å²) in [5.41, 5.74) is 1.99. The maximum atomic E-state index is 12.7. The summed E-state index contributed by atoms with van der Waals surface area (Å²) in [5, 5.41) is 2.65. The molecule has 0 radical (unpaired) electrons. The number of nitrogens with one attached hydrogen (secondary N) is 1. The van der Waals surface area contributed by atoms with Gasteiger partial charge >= 0.3 is 0 Å². The Balaban J connectivity index is 1.76. The number of benzene rings is 2. The van der Waals surface area contributed by atoms with Crippen LogP contribution in [0.1, 0.15) is 11.1 Å². The minimum atomic E-state index is -0.528. The summed E-state index contributed by atoms with van der Waals surface area (Å²) >= 11 is 10.1. The first-order valence-corrected chi connectivity index (χ1v) is 10.4. The molecule has 2 aromatic rings. The standard InChI is InChI=1S/C20H16BrClN2O4S/c1-11-3-5-14(22)9-15(11)23-18(25)10-24-19(26)17(29-20(24)27)8-12-7-13(21)4-6-16(12)28-2/h3-9H,10H2,1-2H3,(H,23,25)/b17-8+. The number of halogens is 2. The highest BCUT2D eigenvalue weighted by molar-refractivity contribution is 9.10. The van der Waals surface area contributed by atoms with E-state index < -0.39 is 17.1 Å². The minimum Gasteiger partial charge on any atom is -0.496 e. The Morgan fingerprint density at radius 2 is 2.03 bits per heavy atom. The van der Waals surface area contributed by atoms with E-state index in [2.05, 4.69) is 21.2 Å². The van der Waals surface area contributed by atoms with Gasteiger partial charge in [0.1, 0.15) is 12.3 Å². The number of hydrogen-bond acceptors (Lipinski definition) is 5. The molecule has 1 aliphatic rings. The molecule has 1 aliphatic heterocycles.